The van der Waals surface area contributed by atoms with Gasteiger partial charge in [0.05, 0.1) is 6.54 Å². The van der Waals surface area contributed by atoms with Gasteiger partial charge in [-0.3, -0.25) is 9.69 Å². The van der Waals surface area contributed by atoms with Crippen molar-refractivity contribution < 1.29 is 9.90 Å². The maximum Gasteiger partial charge on any atom is 0.317 e. The largest absolute Gasteiger partial charge is 0.480 e. The van der Waals surface area contributed by atoms with Gasteiger partial charge in [0.2, 0.25) is 0 Å². The molecule has 80 valence electrons. The molecule has 1 N–H and O–H groups in total. The Morgan fingerprint density at radius 1 is 1.57 bits per heavy atom. The van der Waals surface area contributed by atoms with Gasteiger partial charge in [-0.25, -0.2) is 0 Å². The van der Waals surface area contributed by atoms with Gasteiger partial charge in [-0.05, 0) is 24.3 Å². The molecule has 1 aliphatic rings. The van der Waals surface area contributed by atoms with E-state index in [4.69, 9.17) is 5.11 Å². The number of carboxylic acid groups (broad SMARTS) is 1. The third kappa shape index (κ3) is 3.72. The van der Waals surface area contributed by atoms with E-state index in [9.17, 15) is 4.79 Å². The number of carbonyl (C=O) groups is 1. The molecule has 0 spiro atoms. The maximum absolute atomic E-state index is 10.6. The lowest BCUT2D eigenvalue weighted by molar-refractivity contribution is -0.138. The Morgan fingerprint density at radius 2 is 2.21 bits per heavy atom. The quantitative estimate of drug-likeness (QED) is 0.705. The number of rotatable bonds is 5. The summed E-state index contributed by atoms with van der Waals surface area (Å²) in [5, 5.41) is 8.76. The second-order valence-corrected chi connectivity index (χ2v) is 4.68. The van der Waals surface area contributed by atoms with Gasteiger partial charge in [-0.15, -0.1) is 6.58 Å². The highest BCUT2D eigenvalue weighted by atomic mass is 32.2. The normalized spacial score (nSPS) is 18.4. The van der Waals surface area contributed by atoms with Crippen LogP contribution in [0.5, 0.6) is 0 Å². The van der Waals surface area contributed by atoms with Gasteiger partial charge in [-0.2, -0.15) is 11.8 Å². The molecule has 0 aromatic heterocycles. The van der Waals surface area contributed by atoms with E-state index in [0.717, 1.165) is 24.3 Å². The fraction of sp³-hybridized carbons (Fsp3) is 0.700. The van der Waals surface area contributed by atoms with Crippen LogP contribution >= 0.6 is 11.8 Å². The van der Waals surface area contributed by atoms with E-state index in [1.165, 1.54) is 0 Å². The van der Waals surface area contributed by atoms with Gasteiger partial charge in [0.25, 0.3) is 0 Å². The molecule has 14 heavy (non-hydrogen) atoms. The topological polar surface area (TPSA) is 40.5 Å². The molecule has 0 radical (unpaired) electrons. The number of carboxylic acids is 1. The summed E-state index contributed by atoms with van der Waals surface area (Å²) in [4.78, 5) is 12.7. The lowest BCUT2D eigenvalue weighted by Gasteiger charge is -2.32. The Kier molecular flexibility index (Phi) is 5.04. The molecule has 0 saturated carbocycles. The van der Waals surface area contributed by atoms with E-state index in [0.29, 0.717) is 12.6 Å². The fourth-order valence-corrected chi connectivity index (χ4v) is 2.81. The molecule has 3 nitrogen and oxygen atoms in total. The van der Waals surface area contributed by atoms with E-state index in [-0.39, 0.29) is 6.54 Å². The van der Waals surface area contributed by atoms with E-state index < -0.39 is 5.97 Å². The Balaban J connectivity index is 2.46. The minimum Gasteiger partial charge on any atom is -0.480 e. The molecule has 0 aromatic rings. The van der Waals surface area contributed by atoms with Crippen LogP contribution in [0.4, 0.5) is 0 Å². The second-order valence-electron chi connectivity index (χ2n) is 3.46. The SMILES string of the molecule is C=CCN(CC(=O)O)C1CCSCC1. The van der Waals surface area contributed by atoms with Crippen molar-refractivity contribution in [3.05, 3.63) is 12.7 Å². The van der Waals surface area contributed by atoms with Gasteiger partial charge in [0.1, 0.15) is 0 Å². The Morgan fingerprint density at radius 3 is 2.71 bits per heavy atom. The van der Waals surface area contributed by atoms with Crippen LogP contribution in [-0.4, -0.2) is 46.6 Å². The summed E-state index contributed by atoms with van der Waals surface area (Å²) in [7, 11) is 0. The van der Waals surface area contributed by atoms with Crippen LogP contribution in [0.25, 0.3) is 0 Å². The van der Waals surface area contributed by atoms with Crippen LogP contribution in [0.15, 0.2) is 12.7 Å². The first-order chi connectivity index (χ1) is 6.74. The predicted octanol–water partition coefficient (Wildman–Crippen LogP) is 1.45. The molecule has 0 aromatic carbocycles. The third-order valence-corrected chi connectivity index (χ3v) is 3.46. The summed E-state index contributed by atoms with van der Waals surface area (Å²) < 4.78 is 0. The summed E-state index contributed by atoms with van der Waals surface area (Å²) in [5.74, 6) is 1.56. The van der Waals surface area contributed by atoms with Crippen LogP contribution in [0, 0.1) is 0 Å². The van der Waals surface area contributed by atoms with Gasteiger partial charge in [-0.1, -0.05) is 6.08 Å². The highest BCUT2D eigenvalue weighted by Gasteiger charge is 2.21. The number of aliphatic carboxylic acids is 1. The first-order valence-corrected chi connectivity index (χ1v) is 6.04. The number of hydrogen-bond donors (Lipinski definition) is 1. The van der Waals surface area contributed by atoms with Crippen LogP contribution in [0.3, 0.4) is 0 Å². The molecule has 0 unspecified atom stereocenters. The van der Waals surface area contributed by atoms with Gasteiger partial charge in [0, 0.05) is 12.6 Å². The summed E-state index contributed by atoms with van der Waals surface area (Å²) in [6, 6.07) is 0.436. The molecule has 0 atom stereocenters. The molecule has 1 fully saturated rings. The summed E-state index contributed by atoms with van der Waals surface area (Å²) >= 11 is 1.95. The van der Waals surface area contributed by atoms with Crippen LogP contribution < -0.4 is 0 Å². The van der Waals surface area contributed by atoms with Crippen molar-refractivity contribution in [2.45, 2.75) is 18.9 Å². The van der Waals surface area contributed by atoms with Crippen molar-refractivity contribution >= 4 is 17.7 Å². The van der Waals surface area contributed by atoms with E-state index in [1.54, 1.807) is 6.08 Å². The third-order valence-electron chi connectivity index (χ3n) is 2.41. The monoisotopic (exact) mass is 215 g/mol. The van der Waals surface area contributed by atoms with Crippen LogP contribution in [0.2, 0.25) is 0 Å². The Bertz CT molecular complexity index is 202. The predicted molar refractivity (Wildman–Crippen MR) is 59.8 cm³/mol. The highest BCUT2D eigenvalue weighted by Crippen LogP contribution is 2.21. The lowest BCUT2D eigenvalue weighted by Crippen LogP contribution is -2.41. The van der Waals surface area contributed by atoms with Crippen molar-refractivity contribution in [1.29, 1.82) is 0 Å². The van der Waals surface area contributed by atoms with Crippen LogP contribution in [0.1, 0.15) is 12.8 Å². The average Bonchev–Trinajstić information content (AvgIpc) is 2.18. The first kappa shape index (κ1) is 11.6. The molecule has 0 bridgehead atoms. The van der Waals surface area contributed by atoms with Crippen molar-refractivity contribution in [1.82, 2.24) is 4.90 Å². The zero-order valence-electron chi connectivity index (χ0n) is 8.32. The molecular formula is C10H17NO2S. The van der Waals surface area contributed by atoms with Crippen molar-refractivity contribution in [2.75, 3.05) is 24.6 Å². The Labute approximate surface area is 89.2 Å². The maximum atomic E-state index is 10.6. The summed E-state index contributed by atoms with van der Waals surface area (Å²) in [6.45, 7) is 4.49. The molecule has 0 aliphatic carbocycles. The minimum absolute atomic E-state index is 0.140. The summed E-state index contributed by atoms with van der Waals surface area (Å²) in [5.41, 5.74) is 0. The Hall–Kier alpha value is -0.480. The first-order valence-electron chi connectivity index (χ1n) is 4.88. The molecule has 1 aliphatic heterocycles. The van der Waals surface area contributed by atoms with Crippen molar-refractivity contribution in [2.24, 2.45) is 0 Å². The second kappa shape index (κ2) is 6.09. The zero-order valence-corrected chi connectivity index (χ0v) is 9.13. The van der Waals surface area contributed by atoms with E-state index in [1.807, 2.05) is 16.7 Å². The van der Waals surface area contributed by atoms with E-state index >= 15 is 0 Å². The average molecular weight is 215 g/mol. The fourth-order valence-electron chi connectivity index (χ4n) is 1.73. The number of thioether (sulfide) groups is 1. The van der Waals surface area contributed by atoms with E-state index in [2.05, 4.69) is 6.58 Å². The molecule has 1 saturated heterocycles. The number of hydrogen-bond acceptors (Lipinski definition) is 3. The number of nitrogens with zero attached hydrogens (tertiary/aromatic N) is 1. The van der Waals surface area contributed by atoms with Crippen molar-refractivity contribution in [3.8, 4) is 0 Å². The molecule has 0 amide bonds. The van der Waals surface area contributed by atoms with Gasteiger partial charge < -0.3 is 5.11 Å². The lowest BCUT2D eigenvalue weighted by atomic mass is 10.1. The smallest absolute Gasteiger partial charge is 0.317 e. The molecular weight excluding hydrogens is 198 g/mol. The zero-order chi connectivity index (χ0) is 10.4. The van der Waals surface area contributed by atoms with Crippen molar-refractivity contribution in [3.63, 3.8) is 0 Å². The molecule has 1 rings (SSSR count). The molecule has 1 heterocycles. The van der Waals surface area contributed by atoms with Gasteiger partial charge >= 0.3 is 5.97 Å². The minimum atomic E-state index is -0.745. The highest BCUT2D eigenvalue weighted by molar-refractivity contribution is 7.99. The summed E-state index contributed by atoms with van der Waals surface area (Å²) in [6.07, 6.45) is 3.99. The van der Waals surface area contributed by atoms with Gasteiger partial charge in [0.15, 0.2) is 0 Å². The molecule has 4 heteroatoms. The van der Waals surface area contributed by atoms with Crippen LogP contribution in [-0.2, 0) is 4.79 Å². The standard InChI is InChI=1S/C10H17NO2S/c1-2-5-11(8-10(12)13)9-3-6-14-7-4-9/h2,9H,1,3-8H2,(H,12,13).